The van der Waals surface area contributed by atoms with Gasteiger partial charge in [0.2, 0.25) is 0 Å². The minimum atomic E-state index is 0. The fourth-order valence-electron chi connectivity index (χ4n) is 4.39. The zero-order valence-electron chi connectivity index (χ0n) is 21.5. The van der Waals surface area contributed by atoms with E-state index in [1.165, 1.54) is 161 Å². The largest absolute Gasteiger partial charge is 0.309 e. The van der Waals surface area contributed by atoms with E-state index >= 15 is 0 Å². The fourth-order valence-corrected chi connectivity index (χ4v) is 4.39. The molecule has 0 saturated carbocycles. The Bertz CT molecular complexity index is 280. The molecule has 0 saturated heterocycles. The summed E-state index contributed by atoms with van der Waals surface area (Å²) in [5.74, 6) is 0. The highest BCUT2D eigenvalue weighted by Gasteiger charge is 1.96. The molecule has 0 aliphatic heterocycles. The Kier molecular flexibility index (Phi) is 32.0. The predicted octanol–water partition coefficient (Wildman–Crippen LogP) is 10.5. The molecule has 30 heavy (non-hydrogen) atoms. The highest BCUT2D eigenvalue weighted by atomic mass is 79.9. The van der Waals surface area contributed by atoms with Gasteiger partial charge in [0, 0.05) is 0 Å². The minimum Gasteiger partial charge on any atom is -0.309 e. The highest BCUT2D eigenvalue weighted by Crippen LogP contribution is 2.15. The van der Waals surface area contributed by atoms with Crippen LogP contribution in [0, 0.1) is 0 Å². The highest BCUT2D eigenvalue weighted by molar-refractivity contribution is 8.93. The van der Waals surface area contributed by atoms with Crippen LogP contribution in [0.1, 0.15) is 161 Å². The fraction of sp³-hybridized carbons (Fsp3) is 1.00. The molecule has 0 aromatic carbocycles. The number of hydrogen-bond donors (Lipinski definition) is 0. The maximum Gasteiger partial charge on any atom is -0.00248 e. The average Bonchev–Trinajstić information content (AvgIpc) is 2.71. The number of rotatable bonds is 25. The van der Waals surface area contributed by atoms with Gasteiger partial charge in [-0.2, -0.15) is 0 Å². The van der Waals surface area contributed by atoms with Gasteiger partial charge in [-0.3, -0.25) is 0 Å². The van der Waals surface area contributed by atoms with E-state index < -0.39 is 0 Å². The SMILES string of the molecule is Br.CCCCCCCCCCCCCCCCCCCCCCCCCCN(C)C. The molecular formula is C28H60BrN. The lowest BCUT2D eigenvalue weighted by Gasteiger charge is -2.08. The maximum atomic E-state index is 2.30. The molecule has 0 unspecified atom stereocenters. The van der Waals surface area contributed by atoms with E-state index in [0.717, 1.165) is 0 Å². The average molecular weight is 491 g/mol. The Morgan fingerprint density at radius 3 is 0.733 bits per heavy atom. The molecule has 0 heterocycles. The summed E-state index contributed by atoms with van der Waals surface area (Å²) in [6.45, 7) is 3.57. The molecule has 0 bridgehead atoms. The van der Waals surface area contributed by atoms with E-state index in [0.29, 0.717) is 0 Å². The molecule has 0 N–H and O–H groups in total. The number of unbranched alkanes of at least 4 members (excludes halogenated alkanes) is 23. The van der Waals surface area contributed by atoms with Gasteiger partial charge in [0.25, 0.3) is 0 Å². The van der Waals surface area contributed by atoms with Crippen molar-refractivity contribution in [3.63, 3.8) is 0 Å². The normalized spacial score (nSPS) is 11.2. The second-order valence-corrected chi connectivity index (χ2v) is 9.94. The lowest BCUT2D eigenvalue weighted by atomic mass is 10.0. The van der Waals surface area contributed by atoms with Gasteiger partial charge in [0.05, 0.1) is 0 Å². The molecule has 2 heteroatoms. The molecule has 0 radical (unpaired) electrons. The van der Waals surface area contributed by atoms with Crippen molar-refractivity contribution in [2.24, 2.45) is 0 Å². The third-order valence-electron chi connectivity index (χ3n) is 6.46. The first-order valence-electron chi connectivity index (χ1n) is 13.9. The van der Waals surface area contributed by atoms with E-state index in [1.54, 1.807) is 0 Å². The Morgan fingerprint density at radius 1 is 0.333 bits per heavy atom. The van der Waals surface area contributed by atoms with Crippen molar-refractivity contribution in [2.75, 3.05) is 20.6 Å². The van der Waals surface area contributed by atoms with Crippen molar-refractivity contribution in [1.29, 1.82) is 0 Å². The first-order valence-corrected chi connectivity index (χ1v) is 13.9. The smallest absolute Gasteiger partial charge is 0.00248 e. The Hall–Kier alpha value is 0.440. The quantitative estimate of drug-likeness (QED) is 0.115. The Morgan fingerprint density at radius 2 is 0.533 bits per heavy atom. The van der Waals surface area contributed by atoms with Gasteiger partial charge >= 0.3 is 0 Å². The van der Waals surface area contributed by atoms with Crippen molar-refractivity contribution in [3.05, 3.63) is 0 Å². The van der Waals surface area contributed by atoms with Gasteiger partial charge in [-0.05, 0) is 27.1 Å². The van der Waals surface area contributed by atoms with Crippen LogP contribution in [-0.4, -0.2) is 25.5 Å². The maximum absolute atomic E-state index is 2.30. The van der Waals surface area contributed by atoms with Crippen LogP contribution in [0.3, 0.4) is 0 Å². The molecule has 0 atom stereocenters. The lowest BCUT2D eigenvalue weighted by Crippen LogP contribution is -2.12. The second-order valence-electron chi connectivity index (χ2n) is 9.94. The molecule has 0 aliphatic rings. The molecule has 0 aliphatic carbocycles. The molecule has 0 aromatic heterocycles. The number of hydrogen-bond acceptors (Lipinski definition) is 1. The van der Waals surface area contributed by atoms with Gasteiger partial charge in [-0.15, -0.1) is 17.0 Å². The Balaban J connectivity index is 0. The van der Waals surface area contributed by atoms with Crippen LogP contribution < -0.4 is 0 Å². The summed E-state index contributed by atoms with van der Waals surface area (Å²) >= 11 is 0. The van der Waals surface area contributed by atoms with Crippen LogP contribution in [0.4, 0.5) is 0 Å². The van der Waals surface area contributed by atoms with Crippen LogP contribution in [0.25, 0.3) is 0 Å². The molecule has 1 nitrogen and oxygen atoms in total. The van der Waals surface area contributed by atoms with Crippen LogP contribution in [0.5, 0.6) is 0 Å². The zero-order chi connectivity index (χ0) is 21.3. The summed E-state index contributed by atoms with van der Waals surface area (Å²) in [6.07, 6.45) is 35.3. The van der Waals surface area contributed by atoms with E-state index in [-0.39, 0.29) is 17.0 Å². The van der Waals surface area contributed by atoms with Gasteiger partial charge in [0.1, 0.15) is 0 Å². The molecule has 0 aromatic rings. The predicted molar refractivity (Wildman–Crippen MR) is 145 cm³/mol. The van der Waals surface area contributed by atoms with E-state index in [4.69, 9.17) is 0 Å². The van der Waals surface area contributed by atoms with Crippen molar-refractivity contribution in [3.8, 4) is 0 Å². The number of nitrogens with zero attached hydrogens (tertiary/aromatic N) is 1. The summed E-state index contributed by atoms with van der Waals surface area (Å²) < 4.78 is 0. The summed E-state index contributed by atoms with van der Waals surface area (Å²) in [5.41, 5.74) is 0. The van der Waals surface area contributed by atoms with Gasteiger partial charge in [0.15, 0.2) is 0 Å². The van der Waals surface area contributed by atoms with Crippen LogP contribution in [-0.2, 0) is 0 Å². The molecule has 0 fully saturated rings. The summed E-state index contributed by atoms with van der Waals surface area (Å²) in [6, 6.07) is 0. The monoisotopic (exact) mass is 489 g/mol. The van der Waals surface area contributed by atoms with Crippen LogP contribution >= 0.6 is 17.0 Å². The summed E-state index contributed by atoms with van der Waals surface area (Å²) in [5, 5.41) is 0. The van der Waals surface area contributed by atoms with Crippen LogP contribution in [0.15, 0.2) is 0 Å². The van der Waals surface area contributed by atoms with Crippen molar-refractivity contribution >= 4 is 17.0 Å². The molecule has 0 amide bonds. The minimum absolute atomic E-state index is 0. The lowest BCUT2D eigenvalue weighted by molar-refractivity contribution is 0.389. The topological polar surface area (TPSA) is 3.24 Å². The molecule has 0 rings (SSSR count). The molecular weight excluding hydrogens is 430 g/mol. The number of halogens is 1. The van der Waals surface area contributed by atoms with Gasteiger partial charge in [-0.25, -0.2) is 0 Å². The summed E-state index contributed by atoms with van der Waals surface area (Å²) in [7, 11) is 4.36. The van der Waals surface area contributed by atoms with Crippen LogP contribution in [0.2, 0.25) is 0 Å². The van der Waals surface area contributed by atoms with Gasteiger partial charge in [-0.1, -0.05) is 155 Å². The second kappa shape index (κ2) is 29.4. The molecule has 0 spiro atoms. The van der Waals surface area contributed by atoms with E-state index in [2.05, 4.69) is 25.9 Å². The van der Waals surface area contributed by atoms with Gasteiger partial charge < -0.3 is 4.90 Å². The van der Waals surface area contributed by atoms with E-state index in [9.17, 15) is 0 Å². The standard InChI is InChI=1S/C28H59N.BrH/c1-4-5-6-7-8-9-10-11-12-13-14-15-16-17-18-19-20-21-22-23-24-25-26-27-28-29(2)3;/h4-28H2,1-3H3;1H. The third kappa shape index (κ3) is 30.6. The zero-order valence-corrected chi connectivity index (χ0v) is 23.2. The summed E-state index contributed by atoms with van der Waals surface area (Å²) in [4.78, 5) is 2.30. The Labute approximate surface area is 203 Å². The third-order valence-corrected chi connectivity index (χ3v) is 6.46. The van der Waals surface area contributed by atoms with Crippen molar-refractivity contribution < 1.29 is 0 Å². The molecule has 184 valence electrons. The van der Waals surface area contributed by atoms with Crippen molar-refractivity contribution in [1.82, 2.24) is 4.90 Å². The first-order chi connectivity index (χ1) is 14.3. The van der Waals surface area contributed by atoms with E-state index in [1.807, 2.05) is 0 Å². The first kappa shape index (κ1) is 32.6. The van der Waals surface area contributed by atoms with Crippen molar-refractivity contribution in [2.45, 2.75) is 161 Å².